The molecule has 0 fully saturated rings. The minimum atomic E-state index is 0.693. The van der Waals surface area contributed by atoms with Crippen molar-refractivity contribution in [3.63, 3.8) is 0 Å². The summed E-state index contributed by atoms with van der Waals surface area (Å²) in [5, 5.41) is 5.52. The molecule has 2 aromatic rings. The summed E-state index contributed by atoms with van der Waals surface area (Å²) in [6.07, 6.45) is 3.14. The van der Waals surface area contributed by atoms with Gasteiger partial charge in [0, 0.05) is 38.2 Å². The third-order valence-electron chi connectivity index (χ3n) is 4.04. The lowest BCUT2D eigenvalue weighted by Gasteiger charge is -2.21. The number of guanidine groups is 1. The molecule has 0 bridgehead atoms. The summed E-state index contributed by atoms with van der Waals surface area (Å²) in [6, 6.07) is 14.6. The molecule has 26 heavy (non-hydrogen) atoms. The molecule has 0 amide bonds. The number of rotatable bonds is 11. The monoisotopic (exact) mass is 373 g/mol. The first-order valence-corrected chi connectivity index (χ1v) is 10.3. The number of nitrogens with one attached hydrogen (secondary N) is 1. The fourth-order valence-electron chi connectivity index (χ4n) is 2.57. The van der Waals surface area contributed by atoms with E-state index in [0.717, 1.165) is 51.5 Å². The van der Waals surface area contributed by atoms with Gasteiger partial charge in [0.1, 0.15) is 0 Å². The fraction of sp³-hybridized carbons (Fsp3) is 0.476. The minimum absolute atomic E-state index is 0.693. The molecule has 0 aliphatic rings. The highest BCUT2D eigenvalue weighted by atomic mass is 32.1. The van der Waals surface area contributed by atoms with Crippen LogP contribution in [-0.2, 0) is 17.8 Å². The molecule has 0 saturated carbocycles. The van der Waals surface area contributed by atoms with Gasteiger partial charge in [-0.25, -0.2) is 0 Å². The van der Waals surface area contributed by atoms with Gasteiger partial charge in [-0.05, 0) is 43.2 Å². The van der Waals surface area contributed by atoms with Gasteiger partial charge in [-0.15, -0.1) is 11.3 Å². The van der Waals surface area contributed by atoms with Crippen LogP contribution < -0.4 is 5.32 Å². The van der Waals surface area contributed by atoms with Crippen molar-refractivity contribution >= 4 is 17.3 Å². The summed E-state index contributed by atoms with van der Waals surface area (Å²) >= 11 is 1.82. The van der Waals surface area contributed by atoms with Crippen molar-refractivity contribution in [2.45, 2.75) is 32.8 Å². The molecule has 0 unspecified atom stereocenters. The van der Waals surface area contributed by atoms with Gasteiger partial charge < -0.3 is 15.0 Å². The molecule has 0 saturated heterocycles. The van der Waals surface area contributed by atoms with Gasteiger partial charge in [0.2, 0.25) is 0 Å². The largest absolute Gasteiger partial charge is 0.377 e. The van der Waals surface area contributed by atoms with Crippen molar-refractivity contribution in [1.29, 1.82) is 0 Å². The molecule has 1 N–H and O–H groups in total. The lowest BCUT2D eigenvalue weighted by molar-refractivity contribution is 0.117. The lowest BCUT2D eigenvalue weighted by atomic mass is 10.2. The Morgan fingerprint density at radius 2 is 2.00 bits per heavy atom. The van der Waals surface area contributed by atoms with E-state index in [1.54, 1.807) is 0 Å². The zero-order chi connectivity index (χ0) is 18.5. The van der Waals surface area contributed by atoms with E-state index in [9.17, 15) is 0 Å². The summed E-state index contributed by atoms with van der Waals surface area (Å²) in [7, 11) is 2.11. The maximum absolute atomic E-state index is 5.73. The zero-order valence-electron chi connectivity index (χ0n) is 16.0. The van der Waals surface area contributed by atoms with Crippen LogP contribution in [0.15, 0.2) is 52.8 Å². The Balaban J connectivity index is 1.62. The van der Waals surface area contributed by atoms with Crippen LogP contribution in [0.4, 0.5) is 0 Å². The first-order chi connectivity index (χ1) is 12.8. The molecule has 0 radical (unpaired) electrons. The number of hydrogen-bond acceptors (Lipinski definition) is 3. The minimum Gasteiger partial charge on any atom is -0.377 e. The molecule has 2 rings (SSSR count). The summed E-state index contributed by atoms with van der Waals surface area (Å²) in [5.41, 5.74) is 1.23. The van der Waals surface area contributed by atoms with Crippen molar-refractivity contribution in [3.8, 4) is 0 Å². The van der Waals surface area contributed by atoms with Crippen LogP contribution in [0.25, 0.3) is 0 Å². The molecular weight excluding hydrogens is 342 g/mol. The van der Waals surface area contributed by atoms with E-state index in [1.165, 1.54) is 10.4 Å². The maximum Gasteiger partial charge on any atom is 0.193 e. The summed E-state index contributed by atoms with van der Waals surface area (Å²) in [4.78, 5) is 8.39. The van der Waals surface area contributed by atoms with Crippen LogP contribution in [-0.4, -0.2) is 44.1 Å². The molecule has 0 aliphatic carbocycles. The van der Waals surface area contributed by atoms with Crippen LogP contribution in [0.2, 0.25) is 0 Å². The molecule has 0 spiro atoms. The molecule has 0 aliphatic heterocycles. The highest BCUT2D eigenvalue weighted by molar-refractivity contribution is 7.09. The Bertz CT molecular complexity index is 613. The van der Waals surface area contributed by atoms with E-state index in [4.69, 9.17) is 9.73 Å². The highest BCUT2D eigenvalue weighted by Crippen LogP contribution is 2.09. The van der Waals surface area contributed by atoms with Gasteiger partial charge in [0.25, 0.3) is 0 Å². The van der Waals surface area contributed by atoms with Crippen LogP contribution in [0.3, 0.4) is 0 Å². The van der Waals surface area contributed by atoms with Gasteiger partial charge in [-0.3, -0.25) is 4.99 Å². The highest BCUT2D eigenvalue weighted by Gasteiger charge is 2.05. The Labute approximate surface area is 161 Å². The molecule has 5 heteroatoms. The molecule has 0 atom stereocenters. The molecule has 4 nitrogen and oxygen atoms in total. The molecule has 1 aromatic carbocycles. The van der Waals surface area contributed by atoms with E-state index >= 15 is 0 Å². The molecule has 142 valence electrons. The quantitative estimate of drug-likeness (QED) is 0.365. The standard InChI is InChI=1S/C21H31N3OS/c1-3-22-21(24(2)15-13-20-12-9-17-26-20)23-14-7-8-16-25-18-19-10-5-4-6-11-19/h4-6,9-12,17H,3,7-8,13-16,18H2,1-2H3,(H,22,23). The van der Waals surface area contributed by atoms with Crippen LogP contribution in [0.5, 0.6) is 0 Å². The van der Waals surface area contributed by atoms with Crippen LogP contribution in [0.1, 0.15) is 30.2 Å². The van der Waals surface area contributed by atoms with E-state index in [0.29, 0.717) is 6.61 Å². The zero-order valence-corrected chi connectivity index (χ0v) is 16.8. The molecular formula is C21H31N3OS. The van der Waals surface area contributed by atoms with Gasteiger partial charge in [-0.2, -0.15) is 0 Å². The summed E-state index contributed by atoms with van der Waals surface area (Å²) in [6.45, 7) is 6.29. The first-order valence-electron chi connectivity index (χ1n) is 9.43. The average Bonchev–Trinajstić information content (AvgIpc) is 3.19. The maximum atomic E-state index is 5.73. The Morgan fingerprint density at radius 1 is 1.15 bits per heavy atom. The van der Waals surface area contributed by atoms with Gasteiger partial charge in [0.05, 0.1) is 6.61 Å². The van der Waals surface area contributed by atoms with E-state index in [-0.39, 0.29) is 0 Å². The van der Waals surface area contributed by atoms with Crippen molar-refractivity contribution < 1.29 is 4.74 Å². The Kier molecular flexibility index (Phi) is 9.83. The number of benzene rings is 1. The Morgan fingerprint density at radius 3 is 2.73 bits per heavy atom. The molecule has 1 heterocycles. The topological polar surface area (TPSA) is 36.9 Å². The van der Waals surface area contributed by atoms with E-state index < -0.39 is 0 Å². The average molecular weight is 374 g/mol. The number of likely N-dealkylation sites (N-methyl/N-ethyl adjacent to an activating group) is 1. The predicted octanol–water partition coefficient (Wildman–Crippen LogP) is 4.18. The molecule has 1 aromatic heterocycles. The smallest absolute Gasteiger partial charge is 0.193 e. The number of ether oxygens (including phenoxy) is 1. The SMILES string of the molecule is CCNC(=NCCCCOCc1ccccc1)N(C)CCc1cccs1. The van der Waals surface area contributed by atoms with E-state index in [1.807, 2.05) is 29.5 Å². The van der Waals surface area contributed by atoms with Gasteiger partial charge in [0.15, 0.2) is 5.96 Å². The van der Waals surface area contributed by atoms with Crippen LogP contribution in [0, 0.1) is 0 Å². The third kappa shape index (κ3) is 8.02. The summed E-state index contributed by atoms with van der Waals surface area (Å²) in [5.74, 6) is 0.995. The van der Waals surface area contributed by atoms with Gasteiger partial charge >= 0.3 is 0 Å². The van der Waals surface area contributed by atoms with E-state index in [2.05, 4.69) is 53.8 Å². The third-order valence-corrected chi connectivity index (χ3v) is 4.98. The second-order valence-corrected chi connectivity index (χ2v) is 7.26. The number of unbranched alkanes of at least 4 members (excludes halogenated alkanes) is 1. The van der Waals surface area contributed by atoms with Crippen molar-refractivity contribution in [2.75, 3.05) is 33.3 Å². The lowest BCUT2D eigenvalue weighted by Crippen LogP contribution is -2.40. The second-order valence-electron chi connectivity index (χ2n) is 6.23. The normalized spacial score (nSPS) is 11.5. The summed E-state index contributed by atoms with van der Waals surface area (Å²) < 4.78 is 5.73. The van der Waals surface area contributed by atoms with Crippen molar-refractivity contribution in [2.24, 2.45) is 4.99 Å². The van der Waals surface area contributed by atoms with Crippen molar-refractivity contribution in [3.05, 3.63) is 58.3 Å². The van der Waals surface area contributed by atoms with Crippen LogP contribution >= 0.6 is 11.3 Å². The number of hydrogen-bond donors (Lipinski definition) is 1. The van der Waals surface area contributed by atoms with Gasteiger partial charge in [-0.1, -0.05) is 36.4 Å². The number of nitrogens with zero attached hydrogens (tertiary/aromatic N) is 2. The number of aliphatic imine (C=N–C) groups is 1. The van der Waals surface area contributed by atoms with Crippen molar-refractivity contribution in [1.82, 2.24) is 10.2 Å². The second kappa shape index (κ2) is 12.5. The number of thiophene rings is 1. The predicted molar refractivity (Wildman–Crippen MR) is 112 cm³/mol. The Hall–Kier alpha value is -1.85. The fourth-order valence-corrected chi connectivity index (χ4v) is 3.27. The first kappa shape index (κ1) is 20.5.